The molecule has 3 rings (SSSR count). The van der Waals surface area contributed by atoms with Crippen molar-refractivity contribution in [2.24, 2.45) is 7.05 Å². The van der Waals surface area contributed by atoms with E-state index in [1.807, 2.05) is 20.8 Å². The van der Waals surface area contributed by atoms with E-state index in [-0.39, 0.29) is 24.7 Å². The van der Waals surface area contributed by atoms with Crippen molar-refractivity contribution in [3.05, 3.63) is 23.5 Å². The molecule has 23 heavy (non-hydrogen) atoms. The number of halogens is 1. The maximum Gasteiger partial charge on any atom is 0.329 e. The lowest BCUT2D eigenvalue weighted by Crippen LogP contribution is -2.49. The van der Waals surface area contributed by atoms with Gasteiger partial charge in [-0.2, -0.15) is 5.10 Å². The fourth-order valence-electron chi connectivity index (χ4n) is 2.54. The van der Waals surface area contributed by atoms with Crippen LogP contribution in [-0.2, 0) is 18.3 Å². The molecule has 1 fully saturated rings. The monoisotopic (exact) mass is 320 g/mol. The molecule has 0 bridgehead atoms. The van der Waals surface area contributed by atoms with Gasteiger partial charge in [0, 0.05) is 25.4 Å². The van der Waals surface area contributed by atoms with Crippen LogP contribution in [0.15, 0.2) is 12.1 Å². The van der Waals surface area contributed by atoms with Gasteiger partial charge in [0.05, 0.1) is 5.52 Å². The van der Waals surface area contributed by atoms with E-state index in [1.165, 1.54) is 11.0 Å². The van der Waals surface area contributed by atoms with E-state index < -0.39 is 6.03 Å². The Morgan fingerprint density at radius 2 is 2.00 bits per heavy atom. The Labute approximate surface area is 134 Å². The summed E-state index contributed by atoms with van der Waals surface area (Å²) in [5, 5.41) is 7.12. The van der Waals surface area contributed by atoms with Crippen LogP contribution in [0.3, 0.4) is 0 Å². The number of hydrogen-bond acceptors (Lipinski definition) is 3. The van der Waals surface area contributed by atoms with Gasteiger partial charge in [-0.15, -0.1) is 0 Å². The number of urea groups is 1. The highest BCUT2D eigenvalue weighted by atomic mass is 19.1. The first-order chi connectivity index (χ1) is 11.0. The van der Waals surface area contributed by atoms with E-state index in [9.17, 15) is 14.0 Å². The Morgan fingerprint density at radius 1 is 1.30 bits per heavy atom. The molecule has 1 saturated heterocycles. The van der Waals surface area contributed by atoms with Crippen LogP contribution in [0.25, 0.3) is 10.9 Å². The molecule has 1 N–H and O–H groups in total. The summed E-state index contributed by atoms with van der Waals surface area (Å²) >= 11 is 0. The normalized spacial score (nSPS) is 14.6. The molecule has 1 aromatic heterocycles. The molecule has 0 radical (unpaired) electrons. The molecule has 1 aromatic carbocycles. The largest absolute Gasteiger partial charge is 0.329 e. The third kappa shape index (κ3) is 3.04. The third-order valence-corrected chi connectivity index (χ3v) is 3.69. The predicted molar refractivity (Wildman–Crippen MR) is 86.9 cm³/mol. The number of nitrogens with one attached hydrogen (secondary N) is 1. The quantitative estimate of drug-likeness (QED) is 0.925. The van der Waals surface area contributed by atoms with Crippen LogP contribution < -0.4 is 10.2 Å². The van der Waals surface area contributed by atoms with Crippen molar-refractivity contribution < 1.29 is 14.0 Å². The number of hydrogen-bond donors (Lipinski definition) is 1. The Bertz CT molecular complexity index is 754. The first kappa shape index (κ1) is 16.9. The van der Waals surface area contributed by atoms with Crippen molar-refractivity contribution in [2.45, 2.75) is 33.6 Å². The van der Waals surface area contributed by atoms with E-state index >= 15 is 0 Å². The Morgan fingerprint density at radius 3 is 2.61 bits per heavy atom. The van der Waals surface area contributed by atoms with Gasteiger partial charge < -0.3 is 0 Å². The van der Waals surface area contributed by atoms with Crippen molar-refractivity contribution in [2.75, 3.05) is 11.4 Å². The van der Waals surface area contributed by atoms with Crippen molar-refractivity contribution in [1.82, 2.24) is 15.1 Å². The molecule has 1 aliphatic heterocycles. The first-order valence-electron chi connectivity index (χ1n) is 7.77. The van der Waals surface area contributed by atoms with Crippen LogP contribution in [0.5, 0.6) is 0 Å². The van der Waals surface area contributed by atoms with E-state index in [2.05, 4.69) is 10.4 Å². The van der Waals surface area contributed by atoms with Gasteiger partial charge >= 0.3 is 6.03 Å². The molecular formula is C16H21FN4O2. The average Bonchev–Trinajstić information content (AvgIpc) is 2.84. The van der Waals surface area contributed by atoms with Gasteiger partial charge in [0.15, 0.2) is 5.82 Å². The van der Waals surface area contributed by atoms with Gasteiger partial charge in [0.25, 0.3) is 0 Å². The smallest absolute Gasteiger partial charge is 0.278 e. The standard InChI is InChI=1S/C14H15FN4O2.C2H6/c1-3-8-6-11-9(7-10(8)15)13(17-18(11)2)19-5-4-12(20)16-14(19)21;1-2/h6-7H,3-5H2,1-2H3,(H,16,20,21);1-2H3. The van der Waals surface area contributed by atoms with Gasteiger partial charge in [-0.1, -0.05) is 20.8 Å². The summed E-state index contributed by atoms with van der Waals surface area (Å²) in [5.74, 6) is -0.247. The van der Waals surface area contributed by atoms with Crippen LogP contribution in [0, 0.1) is 5.82 Å². The number of rotatable bonds is 2. The average molecular weight is 320 g/mol. The first-order valence-corrected chi connectivity index (χ1v) is 7.77. The number of benzene rings is 1. The maximum absolute atomic E-state index is 14.0. The number of aromatic nitrogens is 2. The zero-order valence-corrected chi connectivity index (χ0v) is 13.8. The lowest BCUT2D eigenvalue weighted by atomic mass is 10.1. The fourth-order valence-corrected chi connectivity index (χ4v) is 2.54. The fraction of sp³-hybridized carbons (Fsp3) is 0.438. The number of aryl methyl sites for hydroxylation is 2. The predicted octanol–water partition coefficient (Wildman–Crippen LogP) is 2.75. The lowest BCUT2D eigenvalue weighted by molar-refractivity contribution is -0.120. The number of carbonyl (C=O) groups excluding carboxylic acids is 2. The molecule has 0 unspecified atom stereocenters. The molecule has 0 spiro atoms. The molecule has 1 aliphatic rings. The van der Waals surface area contributed by atoms with Gasteiger partial charge in [-0.25, -0.2) is 9.18 Å². The molecular weight excluding hydrogens is 299 g/mol. The zero-order chi connectivity index (χ0) is 17.1. The molecule has 2 aromatic rings. The van der Waals surface area contributed by atoms with E-state index in [1.54, 1.807) is 17.8 Å². The molecule has 2 heterocycles. The topological polar surface area (TPSA) is 67.2 Å². The van der Waals surface area contributed by atoms with Gasteiger partial charge in [-0.05, 0) is 24.1 Å². The highest BCUT2D eigenvalue weighted by Gasteiger charge is 2.28. The van der Waals surface area contributed by atoms with Gasteiger partial charge in [0.1, 0.15) is 5.82 Å². The summed E-state index contributed by atoms with van der Waals surface area (Å²) in [4.78, 5) is 24.5. The number of carbonyl (C=O) groups is 2. The Kier molecular flexibility index (Phi) is 4.98. The summed E-state index contributed by atoms with van der Waals surface area (Å²) in [7, 11) is 1.75. The highest BCUT2D eigenvalue weighted by Crippen LogP contribution is 2.29. The molecule has 7 heteroatoms. The SMILES string of the molecule is CC.CCc1cc2c(cc1F)c(N1CCC(=O)NC1=O)nn2C. The molecule has 3 amide bonds. The second kappa shape index (κ2) is 6.76. The molecule has 0 saturated carbocycles. The molecule has 124 valence electrons. The number of nitrogens with zero attached hydrogens (tertiary/aromatic N) is 3. The zero-order valence-electron chi connectivity index (χ0n) is 13.8. The third-order valence-electron chi connectivity index (χ3n) is 3.69. The summed E-state index contributed by atoms with van der Waals surface area (Å²) in [5.41, 5.74) is 1.36. The number of imide groups is 1. The van der Waals surface area contributed by atoms with Crippen LogP contribution in [0.4, 0.5) is 15.0 Å². The Hall–Kier alpha value is -2.44. The summed E-state index contributed by atoms with van der Waals surface area (Å²) in [6.07, 6.45) is 0.792. The molecule has 0 atom stereocenters. The van der Waals surface area contributed by atoms with E-state index in [0.29, 0.717) is 23.2 Å². The van der Waals surface area contributed by atoms with Crippen LogP contribution in [0.2, 0.25) is 0 Å². The molecule has 0 aliphatic carbocycles. The minimum Gasteiger partial charge on any atom is -0.278 e. The Balaban J connectivity index is 0.000000924. The number of anilines is 1. The van der Waals surface area contributed by atoms with Gasteiger partial charge in [-0.3, -0.25) is 19.7 Å². The van der Waals surface area contributed by atoms with Crippen molar-refractivity contribution in [3.63, 3.8) is 0 Å². The van der Waals surface area contributed by atoms with Crippen molar-refractivity contribution in [1.29, 1.82) is 0 Å². The molecule has 6 nitrogen and oxygen atoms in total. The number of amides is 3. The van der Waals surface area contributed by atoms with Crippen LogP contribution in [-0.4, -0.2) is 28.3 Å². The van der Waals surface area contributed by atoms with Crippen molar-refractivity contribution >= 4 is 28.7 Å². The lowest BCUT2D eigenvalue weighted by Gasteiger charge is -2.24. The number of fused-ring (bicyclic) bond motifs is 1. The van der Waals surface area contributed by atoms with Gasteiger partial charge in [0.2, 0.25) is 5.91 Å². The van der Waals surface area contributed by atoms with Crippen LogP contribution in [0.1, 0.15) is 32.8 Å². The second-order valence-corrected chi connectivity index (χ2v) is 5.02. The summed E-state index contributed by atoms with van der Waals surface area (Å²) in [6, 6.07) is 2.63. The van der Waals surface area contributed by atoms with E-state index in [4.69, 9.17) is 0 Å². The van der Waals surface area contributed by atoms with Crippen molar-refractivity contribution in [3.8, 4) is 0 Å². The van der Waals surface area contributed by atoms with Crippen LogP contribution >= 0.6 is 0 Å². The summed E-state index contributed by atoms with van der Waals surface area (Å²) in [6.45, 7) is 6.12. The summed E-state index contributed by atoms with van der Waals surface area (Å²) < 4.78 is 15.6. The second-order valence-electron chi connectivity index (χ2n) is 5.02. The van der Waals surface area contributed by atoms with E-state index in [0.717, 1.165) is 5.52 Å². The minimum absolute atomic E-state index is 0.208. The highest BCUT2D eigenvalue weighted by molar-refractivity contribution is 6.08. The minimum atomic E-state index is -0.522. The maximum atomic E-state index is 14.0.